The fraction of sp³-hybridized carbons (Fsp3) is 0.0714. The lowest BCUT2D eigenvalue weighted by atomic mass is 10.2. The first kappa shape index (κ1) is 14.1. The second-order valence-corrected chi connectivity index (χ2v) is 4.43. The van der Waals surface area contributed by atoms with Crippen molar-refractivity contribution >= 4 is 16.9 Å². The number of fused-ring (bicyclic) bond motifs is 1. The fourth-order valence-corrected chi connectivity index (χ4v) is 1.93. The molecule has 8 heteroatoms. The second-order valence-electron chi connectivity index (χ2n) is 4.43. The zero-order chi connectivity index (χ0) is 15.7. The van der Waals surface area contributed by atoms with Crippen LogP contribution >= 0.6 is 0 Å². The average Bonchev–Trinajstić information content (AvgIpc) is 2.94. The van der Waals surface area contributed by atoms with E-state index >= 15 is 0 Å². The van der Waals surface area contributed by atoms with E-state index in [1.54, 1.807) is 0 Å². The summed E-state index contributed by atoms with van der Waals surface area (Å²) in [5.74, 6) is -1.00. The molecule has 0 radical (unpaired) electrons. The molecule has 0 aliphatic heterocycles. The third kappa shape index (κ3) is 2.62. The normalized spacial score (nSPS) is 11.6. The van der Waals surface area contributed by atoms with Gasteiger partial charge in [-0.3, -0.25) is 10.1 Å². The van der Waals surface area contributed by atoms with E-state index in [2.05, 4.69) is 15.2 Å². The van der Waals surface area contributed by atoms with E-state index in [4.69, 9.17) is 4.74 Å². The predicted molar refractivity (Wildman–Crippen MR) is 70.3 cm³/mol. The largest absolute Gasteiger partial charge is 0.423 e. The van der Waals surface area contributed by atoms with Crippen molar-refractivity contribution < 1.29 is 22.7 Å². The van der Waals surface area contributed by atoms with E-state index in [1.165, 1.54) is 30.7 Å². The molecule has 112 valence electrons. The summed E-state index contributed by atoms with van der Waals surface area (Å²) >= 11 is 0. The Morgan fingerprint density at radius 3 is 2.77 bits per heavy atom. The highest BCUT2D eigenvalue weighted by atomic mass is 19.4. The van der Waals surface area contributed by atoms with Crippen LogP contribution in [0.25, 0.3) is 10.9 Å². The number of H-pyrrole nitrogens is 1. The third-order valence-corrected chi connectivity index (χ3v) is 2.96. The fourth-order valence-electron chi connectivity index (χ4n) is 1.93. The number of aromatic nitrogens is 3. The molecular formula is C14H8F3N3O2. The van der Waals surface area contributed by atoms with Crippen molar-refractivity contribution in [2.24, 2.45) is 0 Å². The number of carbonyl (C=O) groups is 1. The third-order valence-electron chi connectivity index (χ3n) is 2.96. The van der Waals surface area contributed by atoms with Crippen LogP contribution in [0, 0.1) is 0 Å². The molecule has 0 aliphatic carbocycles. The summed E-state index contributed by atoms with van der Waals surface area (Å²) < 4.78 is 42.9. The number of rotatable bonds is 2. The van der Waals surface area contributed by atoms with Crippen molar-refractivity contribution in [1.29, 1.82) is 0 Å². The van der Waals surface area contributed by atoms with Gasteiger partial charge >= 0.3 is 12.1 Å². The smallest absolute Gasteiger partial charge is 0.416 e. The molecule has 0 fully saturated rings. The summed E-state index contributed by atoms with van der Waals surface area (Å²) in [5, 5.41) is 6.89. The highest BCUT2D eigenvalue weighted by Crippen LogP contribution is 2.31. The molecule has 0 saturated carbocycles. The van der Waals surface area contributed by atoms with Crippen LogP contribution in [-0.2, 0) is 6.18 Å². The van der Waals surface area contributed by atoms with Crippen LogP contribution < -0.4 is 4.74 Å². The molecule has 5 nitrogen and oxygen atoms in total. The van der Waals surface area contributed by atoms with Crippen molar-refractivity contribution in [2.75, 3.05) is 0 Å². The van der Waals surface area contributed by atoms with Gasteiger partial charge in [0, 0.05) is 11.6 Å². The molecule has 0 saturated heterocycles. The van der Waals surface area contributed by atoms with Crippen LogP contribution in [0.5, 0.6) is 5.75 Å². The maximum atomic E-state index is 12.6. The van der Waals surface area contributed by atoms with Gasteiger partial charge in [-0.1, -0.05) is 6.07 Å². The van der Waals surface area contributed by atoms with Crippen molar-refractivity contribution in [2.45, 2.75) is 6.18 Å². The summed E-state index contributed by atoms with van der Waals surface area (Å²) in [6, 6.07) is 4.11. The number of pyridine rings is 1. The van der Waals surface area contributed by atoms with Gasteiger partial charge in [0.25, 0.3) is 0 Å². The minimum Gasteiger partial charge on any atom is -0.423 e. The van der Waals surface area contributed by atoms with Gasteiger partial charge in [0.2, 0.25) is 0 Å². The molecule has 1 N–H and O–H groups in total. The number of ether oxygens (including phenoxy) is 1. The number of esters is 1. The van der Waals surface area contributed by atoms with Crippen LogP contribution in [0.2, 0.25) is 0 Å². The molecule has 2 heterocycles. The minimum atomic E-state index is -4.51. The topological polar surface area (TPSA) is 67.9 Å². The predicted octanol–water partition coefficient (Wildman–Crippen LogP) is 3.20. The lowest BCUT2D eigenvalue weighted by molar-refractivity contribution is -0.137. The van der Waals surface area contributed by atoms with Crippen molar-refractivity contribution in [3.63, 3.8) is 0 Å². The Balaban J connectivity index is 1.90. The van der Waals surface area contributed by atoms with E-state index in [0.29, 0.717) is 10.9 Å². The first-order chi connectivity index (χ1) is 10.4. The van der Waals surface area contributed by atoms with Crippen molar-refractivity contribution in [1.82, 2.24) is 15.2 Å². The standard InChI is InChI=1S/C14H8F3N3O2/c15-14(16,17)8-2-1-3-9(4-8)22-13(21)11-5-18-7-12-10(11)6-19-20-12/h1-7H,(H,19,20). The zero-order valence-electron chi connectivity index (χ0n) is 10.9. The van der Waals surface area contributed by atoms with Gasteiger partial charge in [-0.25, -0.2) is 4.79 Å². The Kier molecular flexibility index (Phi) is 3.28. The van der Waals surface area contributed by atoms with Crippen molar-refractivity contribution in [3.05, 3.63) is 54.0 Å². The Labute approximate surface area is 121 Å². The van der Waals surface area contributed by atoms with E-state index in [-0.39, 0.29) is 11.3 Å². The van der Waals surface area contributed by atoms with Gasteiger partial charge in [-0.05, 0) is 18.2 Å². The van der Waals surface area contributed by atoms with Crippen LogP contribution in [0.3, 0.4) is 0 Å². The molecule has 3 rings (SSSR count). The van der Waals surface area contributed by atoms with E-state index in [9.17, 15) is 18.0 Å². The molecule has 2 aromatic heterocycles. The Hall–Kier alpha value is -2.90. The lowest BCUT2D eigenvalue weighted by Gasteiger charge is -2.09. The van der Waals surface area contributed by atoms with E-state index in [0.717, 1.165) is 12.1 Å². The number of halogens is 3. The number of nitrogens with one attached hydrogen (secondary N) is 1. The number of benzene rings is 1. The SMILES string of the molecule is O=C(Oc1cccc(C(F)(F)F)c1)c1cncc2[nH]ncc12. The first-order valence-electron chi connectivity index (χ1n) is 6.11. The molecule has 0 aliphatic rings. The number of hydrogen-bond acceptors (Lipinski definition) is 4. The maximum Gasteiger partial charge on any atom is 0.416 e. The molecule has 0 unspecified atom stereocenters. The van der Waals surface area contributed by atoms with Gasteiger partial charge in [-0.15, -0.1) is 0 Å². The molecule has 22 heavy (non-hydrogen) atoms. The van der Waals surface area contributed by atoms with Gasteiger partial charge in [0.05, 0.1) is 29.0 Å². The van der Waals surface area contributed by atoms with Gasteiger partial charge in [-0.2, -0.15) is 18.3 Å². The molecule has 0 bridgehead atoms. The molecule has 3 aromatic rings. The summed E-state index contributed by atoms with van der Waals surface area (Å²) in [7, 11) is 0. The summed E-state index contributed by atoms with van der Waals surface area (Å²) in [5.41, 5.74) is -0.250. The van der Waals surface area contributed by atoms with Gasteiger partial charge in [0.15, 0.2) is 0 Å². The Bertz CT molecular complexity index is 842. The number of nitrogens with zero attached hydrogens (tertiary/aromatic N) is 2. The van der Waals surface area contributed by atoms with E-state index in [1.807, 2.05) is 0 Å². The molecule has 1 aromatic carbocycles. The number of hydrogen-bond donors (Lipinski definition) is 1. The summed E-state index contributed by atoms with van der Waals surface area (Å²) in [6.07, 6.45) is -0.342. The van der Waals surface area contributed by atoms with E-state index < -0.39 is 17.7 Å². The second kappa shape index (κ2) is 5.14. The summed E-state index contributed by atoms with van der Waals surface area (Å²) in [4.78, 5) is 16.0. The molecule has 0 amide bonds. The molecular weight excluding hydrogens is 299 g/mol. The number of aromatic amines is 1. The quantitative estimate of drug-likeness (QED) is 0.583. The molecule has 0 spiro atoms. The molecule has 0 atom stereocenters. The van der Waals surface area contributed by atoms with Crippen LogP contribution in [0.15, 0.2) is 42.9 Å². The summed E-state index contributed by atoms with van der Waals surface area (Å²) in [6.45, 7) is 0. The first-order valence-corrected chi connectivity index (χ1v) is 6.11. The number of alkyl halides is 3. The van der Waals surface area contributed by atoms with Crippen molar-refractivity contribution in [3.8, 4) is 5.75 Å². The average molecular weight is 307 g/mol. The highest BCUT2D eigenvalue weighted by Gasteiger charge is 2.30. The number of carbonyl (C=O) groups excluding carboxylic acids is 1. The Morgan fingerprint density at radius 2 is 2.00 bits per heavy atom. The van der Waals surface area contributed by atoms with Crippen LogP contribution in [-0.4, -0.2) is 21.2 Å². The highest BCUT2D eigenvalue weighted by molar-refractivity contribution is 6.03. The van der Waals surface area contributed by atoms with Crippen LogP contribution in [0.1, 0.15) is 15.9 Å². The lowest BCUT2D eigenvalue weighted by Crippen LogP contribution is -2.11. The van der Waals surface area contributed by atoms with Crippen LogP contribution in [0.4, 0.5) is 13.2 Å². The minimum absolute atomic E-state index is 0.115. The maximum absolute atomic E-state index is 12.6. The monoisotopic (exact) mass is 307 g/mol. The zero-order valence-corrected chi connectivity index (χ0v) is 10.9. The van der Waals surface area contributed by atoms with Gasteiger partial charge < -0.3 is 4.74 Å². The Morgan fingerprint density at radius 1 is 1.18 bits per heavy atom. The van der Waals surface area contributed by atoms with Gasteiger partial charge in [0.1, 0.15) is 5.75 Å².